The highest BCUT2D eigenvalue weighted by molar-refractivity contribution is 6.30. The van der Waals surface area contributed by atoms with Crippen molar-refractivity contribution in [3.8, 4) is 0 Å². The molecule has 2 N–H and O–H groups in total. The molecule has 0 atom stereocenters. The molecule has 1 saturated carbocycles. The zero-order valence-electron chi connectivity index (χ0n) is 19.7. The number of halogens is 3. The second-order valence-electron chi connectivity index (χ2n) is 9.72. The van der Waals surface area contributed by atoms with Crippen molar-refractivity contribution >= 4 is 29.1 Å². The molecule has 2 fully saturated rings. The van der Waals surface area contributed by atoms with Crippen LogP contribution in [0.1, 0.15) is 55.3 Å². The van der Waals surface area contributed by atoms with Gasteiger partial charge in [0.05, 0.1) is 5.56 Å². The van der Waals surface area contributed by atoms with E-state index in [-0.39, 0.29) is 29.3 Å². The van der Waals surface area contributed by atoms with Crippen molar-refractivity contribution in [2.24, 2.45) is 11.8 Å². The number of ketones is 1. The van der Waals surface area contributed by atoms with Gasteiger partial charge in [0.2, 0.25) is 0 Å². The highest BCUT2D eigenvalue weighted by Crippen LogP contribution is 2.29. The van der Waals surface area contributed by atoms with E-state index in [4.69, 9.17) is 11.6 Å². The first kappa shape index (κ1) is 25.6. The van der Waals surface area contributed by atoms with Crippen LogP contribution in [0.3, 0.4) is 0 Å². The summed E-state index contributed by atoms with van der Waals surface area (Å²) in [6.07, 6.45) is 6.63. The average Bonchev–Trinajstić information content (AvgIpc) is 2.85. The van der Waals surface area contributed by atoms with Crippen LogP contribution >= 0.6 is 11.6 Å². The van der Waals surface area contributed by atoms with E-state index in [0.717, 1.165) is 63.9 Å². The Kier molecular flexibility index (Phi) is 8.74. The fourth-order valence-electron chi connectivity index (χ4n) is 5.17. The number of Topliss-reactive ketones (excluding diaryl/α,β-unsaturated/α-hetero) is 1. The van der Waals surface area contributed by atoms with Gasteiger partial charge in [-0.05, 0) is 107 Å². The molecular formula is C27H32ClF2N3O2. The number of likely N-dealkylation sites (tertiary alicyclic amines) is 1. The van der Waals surface area contributed by atoms with Crippen molar-refractivity contribution in [1.29, 1.82) is 0 Å². The molecule has 2 aromatic carbocycles. The monoisotopic (exact) mass is 503 g/mol. The molecule has 2 aliphatic rings. The Labute approximate surface area is 210 Å². The van der Waals surface area contributed by atoms with Crippen molar-refractivity contribution < 1.29 is 18.4 Å². The fraction of sp³-hybridized carbons (Fsp3) is 0.481. The summed E-state index contributed by atoms with van der Waals surface area (Å²) in [5, 5.41) is 6.55. The second-order valence-corrected chi connectivity index (χ2v) is 10.2. The van der Waals surface area contributed by atoms with Crippen LogP contribution in [0.4, 0.5) is 19.3 Å². The minimum absolute atomic E-state index is 0.00272. The number of piperidine rings is 1. The molecule has 0 radical (unpaired) electrons. The lowest BCUT2D eigenvalue weighted by Crippen LogP contribution is -2.41. The van der Waals surface area contributed by atoms with Crippen LogP contribution < -0.4 is 10.6 Å². The Morgan fingerprint density at radius 2 is 1.63 bits per heavy atom. The van der Waals surface area contributed by atoms with Crippen molar-refractivity contribution in [1.82, 2.24) is 10.2 Å². The molecule has 0 bridgehead atoms. The summed E-state index contributed by atoms with van der Waals surface area (Å²) in [5.74, 6) is -1.22. The van der Waals surface area contributed by atoms with Crippen LogP contribution in [0.2, 0.25) is 5.02 Å². The molecule has 0 unspecified atom stereocenters. The molecule has 5 nitrogen and oxygen atoms in total. The number of hydrogen-bond donors (Lipinski definition) is 2. The van der Waals surface area contributed by atoms with Gasteiger partial charge in [-0.15, -0.1) is 0 Å². The SMILES string of the molecule is O=C(Nc1ccc(Cl)cc1)NC1CCC(CCN2CCC(C(=O)c3ccc(F)cc3F)CC2)CC1. The fourth-order valence-corrected chi connectivity index (χ4v) is 5.30. The first-order valence-corrected chi connectivity index (χ1v) is 12.8. The summed E-state index contributed by atoms with van der Waals surface area (Å²) in [5.41, 5.74) is 0.714. The maximum absolute atomic E-state index is 14.0. The van der Waals surface area contributed by atoms with Crippen LogP contribution in [0.25, 0.3) is 0 Å². The zero-order chi connectivity index (χ0) is 24.8. The van der Waals surface area contributed by atoms with Gasteiger partial charge in [0.15, 0.2) is 5.78 Å². The standard InChI is InChI=1S/C27H32ClF2N3O2/c28-20-3-8-23(9-4-20)32-27(35)31-22-6-1-18(2-7-22)11-14-33-15-12-19(13-16-33)26(34)24-10-5-21(29)17-25(24)30/h3-5,8-10,17-19,22H,1-2,6-7,11-16H2,(H2,31,32,35). The predicted octanol–water partition coefficient (Wildman–Crippen LogP) is 6.28. The van der Waals surface area contributed by atoms with Crippen LogP contribution in [-0.4, -0.2) is 42.4 Å². The van der Waals surface area contributed by atoms with Crippen LogP contribution in [0, 0.1) is 23.5 Å². The minimum atomic E-state index is -0.773. The van der Waals surface area contributed by atoms with E-state index in [0.29, 0.717) is 29.5 Å². The topological polar surface area (TPSA) is 61.4 Å². The van der Waals surface area contributed by atoms with Gasteiger partial charge in [-0.25, -0.2) is 13.6 Å². The van der Waals surface area contributed by atoms with Crippen LogP contribution in [0.5, 0.6) is 0 Å². The molecule has 1 heterocycles. The number of amides is 2. The molecule has 8 heteroatoms. The normalized spacial score (nSPS) is 21.5. The summed E-state index contributed by atoms with van der Waals surface area (Å²) in [6, 6.07) is 10.2. The summed E-state index contributed by atoms with van der Waals surface area (Å²) in [6.45, 7) is 2.63. The maximum atomic E-state index is 14.0. The highest BCUT2D eigenvalue weighted by atomic mass is 35.5. The van der Waals surface area contributed by atoms with Crippen molar-refractivity contribution in [2.45, 2.75) is 51.0 Å². The third kappa shape index (κ3) is 7.24. The van der Waals surface area contributed by atoms with Crippen molar-refractivity contribution in [3.05, 3.63) is 64.7 Å². The number of carbonyl (C=O) groups excluding carboxylic acids is 2. The smallest absolute Gasteiger partial charge is 0.319 e. The third-order valence-electron chi connectivity index (χ3n) is 7.29. The van der Waals surface area contributed by atoms with E-state index < -0.39 is 11.6 Å². The highest BCUT2D eigenvalue weighted by Gasteiger charge is 2.28. The van der Waals surface area contributed by atoms with Crippen LogP contribution in [-0.2, 0) is 0 Å². The van der Waals surface area contributed by atoms with Gasteiger partial charge in [-0.1, -0.05) is 11.6 Å². The Morgan fingerprint density at radius 3 is 2.29 bits per heavy atom. The van der Waals surface area contributed by atoms with Gasteiger partial charge in [0, 0.05) is 28.7 Å². The number of urea groups is 1. The molecule has 2 aromatic rings. The summed E-state index contributed by atoms with van der Waals surface area (Å²) < 4.78 is 27.1. The van der Waals surface area contributed by atoms with E-state index in [1.54, 1.807) is 24.3 Å². The number of nitrogens with zero attached hydrogens (tertiary/aromatic N) is 1. The Hall–Kier alpha value is -2.51. The van der Waals surface area contributed by atoms with Gasteiger partial charge in [0.1, 0.15) is 11.6 Å². The number of benzene rings is 2. The second kappa shape index (κ2) is 12.0. The first-order chi connectivity index (χ1) is 16.9. The molecule has 2 amide bonds. The number of nitrogens with one attached hydrogen (secondary N) is 2. The van der Waals surface area contributed by atoms with Gasteiger partial charge < -0.3 is 15.5 Å². The first-order valence-electron chi connectivity index (χ1n) is 12.4. The number of rotatable bonds is 7. The molecule has 188 valence electrons. The van der Waals surface area contributed by atoms with Gasteiger partial charge in [0.25, 0.3) is 0 Å². The average molecular weight is 504 g/mol. The molecule has 0 aromatic heterocycles. The molecule has 4 rings (SSSR count). The Bertz CT molecular complexity index is 1020. The van der Waals surface area contributed by atoms with E-state index in [1.165, 1.54) is 6.07 Å². The lowest BCUT2D eigenvalue weighted by molar-refractivity contribution is 0.0828. The molecule has 1 aliphatic heterocycles. The Balaban J connectivity index is 1.13. The zero-order valence-corrected chi connectivity index (χ0v) is 20.5. The quantitative estimate of drug-likeness (QED) is 0.437. The maximum Gasteiger partial charge on any atom is 0.319 e. The third-order valence-corrected chi connectivity index (χ3v) is 7.54. The van der Waals surface area contributed by atoms with Crippen molar-refractivity contribution in [2.75, 3.05) is 25.0 Å². The predicted molar refractivity (Wildman–Crippen MR) is 134 cm³/mol. The van der Waals surface area contributed by atoms with Gasteiger partial charge in [-0.2, -0.15) is 0 Å². The summed E-state index contributed by atoms with van der Waals surface area (Å²) >= 11 is 5.88. The largest absolute Gasteiger partial charge is 0.335 e. The molecular weight excluding hydrogens is 472 g/mol. The van der Waals surface area contributed by atoms with Crippen molar-refractivity contribution in [3.63, 3.8) is 0 Å². The van der Waals surface area contributed by atoms with Gasteiger partial charge in [-0.3, -0.25) is 4.79 Å². The van der Waals surface area contributed by atoms with Gasteiger partial charge >= 0.3 is 6.03 Å². The lowest BCUT2D eigenvalue weighted by Gasteiger charge is -2.34. The number of anilines is 1. The summed E-state index contributed by atoms with van der Waals surface area (Å²) in [7, 11) is 0. The molecule has 0 spiro atoms. The van der Waals surface area contributed by atoms with E-state index in [2.05, 4.69) is 15.5 Å². The summed E-state index contributed by atoms with van der Waals surface area (Å²) in [4.78, 5) is 27.3. The number of hydrogen-bond acceptors (Lipinski definition) is 3. The minimum Gasteiger partial charge on any atom is -0.335 e. The van der Waals surface area contributed by atoms with E-state index in [1.807, 2.05) is 0 Å². The number of carbonyl (C=O) groups is 2. The molecule has 35 heavy (non-hydrogen) atoms. The Morgan fingerprint density at radius 1 is 0.943 bits per heavy atom. The lowest BCUT2D eigenvalue weighted by atomic mass is 9.83. The van der Waals surface area contributed by atoms with E-state index >= 15 is 0 Å². The van der Waals surface area contributed by atoms with Crippen LogP contribution in [0.15, 0.2) is 42.5 Å². The van der Waals surface area contributed by atoms with E-state index in [9.17, 15) is 18.4 Å². The molecule has 1 aliphatic carbocycles. The molecule has 1 saturated heterocycles.